The molecule has 0 aliphatic carbocycles. The van der Waals surface area contributed by atoms with Crippen molar-refractivity contribution in [3.8, 4) is 10.8 Å². The van der Waals surface area contributed by atoms with Crippen molar-refractivity contribution in [3.63, 3.8) is 0 Å². The van der Waals surface area contributed by atoms with Crippen molar-refractivity contribution in [3.05, 3.63) is 22.9 Å². The SMILES string of the molecule is CCc1ccc(-c2nnc(CCCl)o2)s1. The molecular formula is C10H11ClN2OS. The molecule has 0 unspecified atom stereocenters. The number of aryl methyl sites for hydroxylation is 2. The van der Waals surface area contributed by atoms with E-state index in [4.69, 9.17) is 16.0 Å². The number of aromatic nitrogens is 2. The van der Waals surface area contributed by atoms with Gasteiger partial charge in [-0.1, -0.05) is 6.92 Å². The molecule has 0 atom stereocenters. The third kappa shape index (κ3) is 2.38. The summed E-state index contributed by atoms with van der Waals surface area (Å²) in [6, 6.07) is 4.10. The number of alkyl halides is 1. The first kappa shape index (κ1) is 10.6. The van der Waals surface area contributed by atoms with Gasteiger partial charge in [0.1, 0.15) is 0 Å². The third-order valence-corrected chi connectivity index (χ3v) is 3.40. The van der Waals surface area contributed by atoms with Crippen molar-refractivity contribution in [1.29, 1.82) is 0 Å². The van der Waals surface area contributed by atoms with Gasteiger partial charge in [0.2, 0.25) is 5.89 Å². The van der Waals surface area contributed by atoms with Crippen LogP contribution in [0.25, 0.3) is 10.8 Å². The van der Waals surface area contributed by atoms with Crippen molar-refractivity contribution in [1.82, 2.24) is 10.2 Å². The van der Waals surface area contributed by atoms with E-state index in [1.54, 1.807) is 11.3 Å². The highest BCUT2D eigenvalue weighted by atomic mass is 35.5. The van der Waals surface area contributed by atoms with Crippen LogP contribution in [0.4, 0.5) is 0 Å². The molecule has 3 nitrogen and oxygen atoms in total. The van der Waals surface area contributed by atoms with Crippen LogP contribution in [0.3, 0.4) is 0 Å². The number of nitrogens with zero attached hydrogens (tertiary/aromatic N) is 2. The van der Waals surface area contributed by atoms with Gasteiger partial charge in [-0.2, -0.15) is 0 Å². The Hall–Kier alpha value is -0.870. The lowest BCUT2D eigenvalue weighted by Gasteiger charge is -1.87. The highest BCUT2D eigenvalue weighted by Gasteiger charge is 2.10. The minimum absolute atomic E-state index is 0.506. The molecule has 15 heavy (non-hydrogen) atoms. The molecule has 2 aromatic rings. The first-order valence-electron chi connectivity index (χ1n) is 4.81. The summed E-state index contributed by atoms with van der Waals surface area (Å²) < 4.78 is 5.47. The summed E-state index contributed by atoms with van der Waals surface area (Å²) in [5.74, 6) is 1.71. The Morgan fingerprint density at radius 1 is 1.40 bits per heavy atom. The molecule has 0 saturated heterocycles. The Morgan fingerprint density at radius 3 is 2.93 bits per heavy atom. The van der Waals surface area contributed by atoms with Crippen LogP contribution in [0, 0.1) is 0 Å². The molecule has 0 fully saturated rings. The molecule has 2 rings (SSSR count). The van der Waals surface area contributed by atoms with Crippen molar-refractivity contribution in [2.75, 3.05) is 5.88 Å². The molecule has 0 saturated carbocycles. The maximum atomic E-state index is 5.59. The van der Waals surface area contributed by atoms with Gasteiger partial charge in [0.15, 0.2) is 0 Å². The molecular weight excluding hydrogens is 232 g/mol. The molecule has 0 bridgehead atoms. The van der Waals surface area contributed by atoms with Crippen LogP contribution >= 0.6 is 22.9 Å². The number of hydrogen-bond acceptors (Lipinski definition) is 4. The normalized spacial score (nSPS) is 10.8. The summed E-state index contributed by atoms with van der Waals surface area (Å²) in [6.07, 6.45) is 1.66. The van der Waals surface area contributed by atoms with Crippen LogP contribution < -0.4 is 0 Å². The van der Waals surface area contributed by atoms with Gasteiger partial charge in [-0.05, 0) is 18.6 Å². The lowest BCUT2D eigenvalue weighted by atomic mass is 10.4. The fraction of sp³-hybridized carbons (Fsp3) is 0.400. The summed E-state index contributed by atoms with van der Waals surface area (Å²) in [6.45, 7) is 2.13. The first-order chi connectivity index (χ1) is 7.33. The standard InChI is InChI=1S/C10H11ClN2OS/c1-2-7-3-4-8(15-7)10-13-12-9(14-10)5-6-11/h3-4H,2,5-6H2,1H3. The predicted molar refractivity (Wildman–Crippen MR) is 61.4 cm³/mol. The zero-order valence-electron chi connectivity index (χ0n) is 8.36. The number of halogens is 1. The number of rotatable bonds is 4. The fourth-order valence-corrected chi connectivity index (χ4v) is 2.25. The van der Waals surface area contributed by atoms with E-state index in [0.717, 1.165) is 11.3 Å². The Kier molecular flexibility index (Phi) is 3.38. The van der Waals surface area contributed by atoms with Crippen LogP contribution in [0.2, 0.25) is 0 Å². The first-order valence-corrected chi connectivity index (χ1v) is 6.16. The third-order valence-electron chi connectivity index (χ3n) is 2.00. The molecule has 80 valence electrons. The second-order valence-corrected chi connectivity index (χ2v) is 4.61. The van der Waals surface area contributed by atoms with Crippen LogP contribution in [0.15, 0.2) is 16.5 Å². The lowest BCUT2D eigenvalue weighted by Crippen LogP contribution is -1.84. The Balaban J connectivity index is 2.21. The zero-order valence-corrected chi connectivity index (χ0v) is 9.94. The van der Waals surface area contributed by atoms with Crippen LogP contribution in [0.1, 0.15) is 17.7 Å². The highest BCUT2D eigenvalue weighted by molar-refractivity contribution is 7.15. The van der Waals surface area contributed by atoms with Crippen LogP contribution in [0.5, 0.6) is 0 Å². The van der Waals surface area contributed by atoms with E-state index in [1.807, 2.05) is 6.07 Å². The number of thiophene rings is 1. The Labute approximate surface area is 97.1 Å². The molecule has 0 aliphatic rings. The van der Waals surface area contributed by atoms with Gasteiger partial charge >= 0.3 is 0 Å². The van der Waals surface area contributed by atoms with Crippen molar-refractivity contribution < 1.29 is 4.42 Å². The fourth-order valence-electron chi connectivity index (χ4n) is 1.22. The monoisotopic (exact) mass is 242 g/mol. The largest absolute Gasteiger partial charge is 0.420 e. The molecule has 0 aromatic carbocycles. The summed E-state index contributed by atoms with van der Waals surface area (Å²) in [4.78, 5) is 2.35. The summed E-state index contributed by atoms with van der Waals surface area (Å²) in [7, 11) is 0. The van der Waals surface area contributed by atoms with Gasteiger partial charge in [0, 0.05) is 17.2 Å². The van der Waals surface area contributed by atoms with E-state index in [0.29, 0.717) is 24.1 Å². The van der Waals surface area contributed by atoms with Crippen molar-refractivity contribution >= 4 is 22.9 Å². The summed E-state index contributed by atoms with van der Waals surface area (Å²) in [5, 5.41) is 7.91. The van der Waals surface area contributed by atoms with Gasteiger partial charge < -0.3 is 4.42 Å². The second-order valence-electron chi connectivity index (χ2n) is 3.06. The second kappa shape index (κ2) is 4.77. The topological polar surface area (TPSA) is 38.9 Å². The quantitative estimate of drug-likeness (QED) is 0.774. The lowest BCUT2D eigenvalue weighted by molar-refractivity contribution is 0.515. The van der Waals surface area contributed by atoms with E-state index in [9.17, 15) is 0 Å². The van der Waals surface area contributed by atoms with Crippen LogP contribution in [-0.4, -0.2) is 16.1 Å². The van der Waals surface area contributed by atoms with Gasteiger partial charge in [-0.15, -0.1) is 33.1 Å². The molecule has 2 heterocycles. The van der Waals surface area contributed by atoms with Gasteiger partial charge in [0.05, 0.1) is 4.88 Å². The molecule has 0 radical (unpaired) electrons. The van der Waals surface area contributed by atoms with E-state index >= 15 is 0 Å². The minimum atomic E-state index is 0.506. The smallest absolute Gasteiger partial charge is 0.257 e. The maximum Gasteiger partial charge on any atom is 0.257 e. The zero-order chi connectivity index (χ0) is 10.7. The molecule has 0 spiro atoms. The van der Waals surface area contributed by atoms with Crippen LogP contribution in [-0.2, 0) is 12.8 Å². The van der Waals surface area contributed by atoms with Crippen molar-refractivity contribution in [2.45, 2.75) is 19.8 Å². The average Bonchev–Trinajstić information content (AvgIpc) is 2.85. The van der Waals surface area contributed by atoms with Gasteiger partial charge in [-0.3, -0.25) is 0 Å². The minimum Gasteiger partial charge on any atom is -0.420 e. The highest BCUT2D eigenvalue weighted by Crippen LogP contribution is 2.27. The molecule has 0 aliphatic heterocycles. The maximum absolute atomic E-state index is 5.59. The van der Waals surface area contributed by atoms with E-state index in [-0.39, 0.29) is 0 Å². The van der Waals surface area contributed by atoms with Crippen molar-refractivity contribution in [2.24, 2.45) is 0 Å². The molecule has 0 N–H and O–H groups in total. The Morgan fingerprint density at radius 2 is 2.27 bits per heavy atom. The van der Waals surface area contributed by atoms with Gasteiger partial charge in [-0.25, -0.2) is 0 Å². The van der Waals surface area contributed by atoms with Gasteiger partial charge in [0.25, 0.3) is 5.89 Å². The number of hydrogen-bond donors (Lipinski definition) is 0. The average molecular weight is 243 g/mol. The predicted octanol–water partition coefficient (Wildman–Crippen LogP) is 3.14. The molecule has 0 amide bonds. The van der Waals surface area contributed by atoms with E-state index < -0.39 is 0 Å². The Bertz CT molecular complexity index is 438. The van der Waals surface area contributed by atoms with E-state index in [1.165, 1.54) is 4.88 Å². The summed E-state index contributed by atoms with van der Waals surface area (Å²) >= 11 is 7.28. The van der Waals surface area contributed by atoms with E-state index in [2.05, 4.69) is 23.2 Å². The molecule has 5 heteroatoms. The molecule has 2 aromatic heterocycles. The summed E-state index contributed by atoms with van der Waals surface area (Å²) in [5.41, 5.74) is 0.